The molecule has 1 N–H and O–H groups in total. The lowest BCUT2D eigenvalue weighted by molar-refractivity contribution is -0.141. The van der Waals surface area contributed by atoms with Crippen molar-refractivity contribution in [3.05, 3.63) is 29.7 Å². The maximum Gasteiger partial charge on any atom is 0.433 e. The van der Waals surface area contributed by atoms with E-state index >= 15 is 0 Å². The summed E-state index contributed by atoms with van der Waals surface area (Å²) in [5.74, 6) is -0.444. The molecule has 2 aromatic heterocycles. The number of thioether (sulfide) groups is 1. The number of carbonyl (C=O) groups excluding carboxylic acids is 1. The van der Waals surface area contributed by atoms with E-state index in [-0.39, 0.29) is 22.2 Å². The minimum Gasteiger partial charge on any atom is -0.338 e. The lowest BCUT2D eigenvalue weighted by atomic mass is 9.92. The molecule has 130 valence electrons. The van der Waals surface area contributed by atoms with Gasteiger partial charge in [-0.25, -0.2) is 9.97 Å². The maximum absolute atomic E-state index is 12.6. The normalized spacial score (nSPS) is 12.2. The summed E-state index contributed by atoms with van der Waals surface area (Å²) >= 11 is 0.794. The summed E-state index contributed by atoms with van der Waals surface area (Å²) in [6.45, 7) is 5.83. The quantitative estimate of drug-likeness (QED) is 0.664. The fourth-order valence-electron chi connectivity index (χ4n) is 1.56. The van der Waals surface area contributed by atoms with Crippen LogP contribution in [0.2, 0.25) is 0 Å². The number of rotatable bonds is 4. The molecule has 0 saturated carbocycles. The Labute approximate surface area is 140 Å². The molecule has 0 aliphatic rings. The molecule has 0 radical (unpaired) electrons. The standard InChI is InChI=1S/C14H15F3N4O2S/c1-13(2,3)9-6-11(23-21-9)20-10(22)7-24-12-18-5-4-8(19-12)14(15,16)17/h4-6H,7H2,1-3H3,(H,20,22). The minimum absolute atomic E-state index is 0.132. The lowest BCUT2D eigenvalue weighted by Gasteiger charge is -2.12. The molecule has 0 unspecified atom stereocenters. The zero-order chi connectivity index (χ0) is 18.0. The molecular weight excluding hydrogens is 345 g/mol. The number of carbonyl (C=O) groups is 1. The fraction of sp³-hybridized carbons (Fsp3) is 0.429. The van der Waals surface area contributed by atoms with Gasteiger partial charge in [0.15, 0.2) is 5.16 Å². The first-order chi connectivity index (χ1) is 11.1. The number of nitrogens with zero attached hydrogens (tertiary/aromatic N) is 3. The summed E-state index contributed by atoms with van der Waals surface area (Å²) in [6, 6.07) is 2.37. The van der Waals surface area contributed by atoms with Gasteiger partial charge < -0.3 is 4.52 Å². The van der Waals surface area contributed by atoms with E-state index in [4.69, 9.17) is 4.52 Å². The van der Waals surface area contributed by atoms with Crippen molar-refractivity contribution in [3.63, 3.8) is 0 Å². The van der Waals surface area contributed by atoms with Crippen LogP contribution in [0.25, 0.3) is 0 Å². The van der Waals surface area contributed by atoms with Crippen molar-refractivity contribution < 1.29 is 22.5 Å². The molecule has 1 amide bonds. The molecule has 2 heterocycles. The predicted octanol–water partition coefficient (Wildman–Crippen LogP) is 3.51. The van der Waals surface area contributed by atoms with Crippen molar-refractivity contribution in [1.29, 1.82) is 0 Å². The SMILES string of the molecule is CC(C)(C)c1cc(NC(=O)CSc2nccc(C(F)(F)F)n2)on1. The summed E-state index contributed by atoms with van der Waals surface area (Å²) in [4.78, 5) is 18.9. The summed E-state index contributed by atoms with van der Waals surface area (Å²) in [7, 11) is 0. The predicted molar refractivity (Wildman–Crippen MR) is 81.6 cm³/mol. The smallest absolute Gasteiger partial charge is 0.338 e. The van der Waals surface area contributed by atoms with E-state index in [9.17, 15) is 18.0 Å². The Morgan fingerprint density at radius 2 is 2.00 bits per heavy atom. The third kappa shape index (κ3) is 4.95. The number of aromatic nitrogens is 3. The Hall–Kier alpha value is -2.10. The number of anilines is 1. The molecule has 0 fully saturated rings. The average Bonchev–Trinajstić information content (AvgIpc) is 2.93. The van der Waals surface area contributed by atoms with Crippen molar-refractivity contribution in [2.24, 2.45) is 0 Å². The first-order valence-electron chi connectivity index (χ1n) is 6.86. The molecule has 0 saturated heterocycles. The van der Waals surface area contributed by atoms with Crippen LogP contribution in [0.15, 0.2) is 28.0 Å². The third-order valence-electron chi connectivity index (χ3n) is 2.80. The van der Waals surface area contributed by atoms with Crippen LogP contribution in [0, 0.1) is 0 Å². The Bertz CT molecular complexity index is 725. The van der Waals surface area contributed by atoms with Crippen LogP contribution < -0.4 is 5.32 Å². The van der Waals surface area contributed by atoms with Gasteiger partial charge in [0.05, 0.1) is 11.4 Å². The molecular formula is C14H15F3N4O2S. The van der Waals surface area contributed by atoms with Gasteiger partial charge in [0.1, 0.15) is 5.69 Å². The molecule has 0 aromatic carbocycles. The highest BCUT2D eigenvalue weighted by molar-refractivity contribution is 7.99. The number of nitrogens with one attached hydrogen (secondary N) is 1. The molecule has 0 aliphatic heterocycles. The van der Waals surface area contributed by atoms with Gasteiger partial charge in [-0.2, -0.15) is 13.2 Å². The summed E-state index contributed by atoms with van der Waals surface area (Å²) in [5, 5.41) is 6.20. The Kier molecular flexibility index (Phi) is 5.16. The zero-order valence-corrected chi connectivity index (χ0v) is 14.0. The summed E-state index contributed by atoms with van der Waals surface area (Å²) < 4.78 is 42.7. The highest BCUT2D eigenvalue weighted by Gasteiger charge is 2.32. The van der Waals surface area contributed by atoms with Gasteiger partial charge in [0.25, 0.3) is 0 Å². The van der Waals surface area contributed by atoms with Crippen molar-refractivity contribution in [3.8, 4) is 0 Å². The van der Waals surface area contributed by atoms with Crippen LogP contribution in [0.5, 0.6) is 0 Å². The highest BCUT2D eigenvalue weighted by atomic mass is 32.2. The van der Waals surface area contributed by atoms with Crippen LogP contribution in [0.4, 0.5) is 19.1 Å². The van der Waals surface area contributed by atoms with Gasteiger partial charge in [-0.1, -0.05) is 37.7 Å². The molecule has 24 heavy (non-hydrogen) atoms. The second kappa shape index (κ2) is 6.80. The van der Waals surface area contributed by atoms with Crippen LogP contribution in [-0.2, 0) is 16.4 Å². The number of hydrogen-bond donors (Lipinski definition) is 1. The molecule has 2 rings (SSSR count). The fourth-order valence-corrected chi connectivity index (χ4v) is 2.19. The number of halogens is 3. The Balaban J connectivity index is 1.93. The molecule has 0 aliphatic carbocycles. The average molecular weight is 360 g/mol. The Morgan fingerprint density at radius 3 is 2.58 bits per heavy atom. The third-order valence-corrected chi connectivity index (χ3v) is 3.66. The minimum atomic E-state index is -4.55. The van der Waals surface area contributed by atoms with E-state index in [0.717, 1.165) is 24.0 Å². The molecule has 0 spiro atoms. The second-order valence-electron chi connectivity index (χ2n) is 5.89. The van der Waals surface area contributed by atoms with E-state index in [0.29, 0.717) is 5.69 Å². The first-order valence-corrected chi connectivity index (χ1v) is 7.84. The maximum atomic E-state index is 12.6. The van der Waals surface area contributed by atoms with Gasteiger partial charge in [0, 0.05) is 17.7 Å². The van der Waals surface area contributed by atoms with E-state index in [1.54, 1.807) is 6.07 Å². The number of alkyl halides is 3. The van der Waals surface area contributed by atoms with Crippen LogP contribution >= 0.6 is 11.8 Å². The van der Waals surface area contributed by atoms with E-state index < -0.39 is 17.8 Å². The van der Waals surface area contributed by atoms with Gasteiger partial charge in [-0.3, -0.25) is 10.1 Å². The first kappa shape index (κ1) is 18.2. The number of hydrogen-bond acceptors (Lipinski definition) is 6. The van der Waals surface area contributed by atoms with E-state index in [1.165, 1.54) is 0 Å². The van der Waals surface area contributed by atoms with E-state index in [1.807, 2.05) is 20.8 Å². The van der Waals surface area contributed by atoms with Crippen LogP contribution in [0.3, 0.4) is 0 Å². The molecule has 0 bridgehead atoms. The van der Waals surface area contributed by atoms with Crippen LogP contribution in [-0.4, -0.2) is 26.8 Å². The zero-order valence-electron chi connectivity index (χ0n) is 13.1. The monoisotopic (exact) mass is 360 g/mol. The summed E-state index contributed by atoms with van der Waals surface area (Å²) in [5.41, 5.74) is -0.607. The molecule has 6 nitrogen and oxygen atoms in total. The van der Waals surface area contributed by atoms with Gasteiger partial charge in [-0.05, 0) is 6.07 Å². The van der Waals surface area contributed by atoms with Crippen LogP contribution in [0.1, 0.15) is 32.2 Å². The van der Waals surface area contributed by atoms with Gasteiger partial charge >= 0.3 is 6.18 Å². The van der Waals surface area contributed by atoms with Crippen molar-refractivity contribution >= 4 is 23.6 Å². The molecule has 0 atom stereocenters. The highest BCUT2D eigenvalue weighted by Crippen LogP contribution is 2.28. The molecule has 10 heteroatoms. The van der Waals surface area contributed by atoms with Gasteiger partial charge in [0.2, 0.25) is 11.8 Å². The second-order valence-corrected chi connectivity index (χ2v) is 6.83. The van der Waals surface area contributed by atoms with E-state index in [2.05, 4.69) is 20.4 Å². The summed E-state index contributed by atoms with van der Waals surface area (Å²) in [6.07, 6.45) is -3.55. The topological polar surface area (TPSA) is 80.9 Å². The largest absolute Gasteiger partial charge is 0.433 e. The molecule has 2 aromatic rings. The Morgan fingerprint density at radius 1 is 1.29 bits per heavy atom. The number of amides is 1. The van der Waals surface area contributed by atoms with Crippen molar-refractivity contribution in [2.75, 3.05) is 11.1 Å². The van der Waals surface area contributed by atoms with Crippen molar-refractivity contribution in [2.45, 2.75) is 37.5 Å². The van der Waals surface area contributed by atoms with Crippen molar-refractivity contribution in [1.82, 2.24) is 15.1 Å². The lowest BCUT2D eigenvalue weighted by Crippen LogP contribution is -2.15. The van der Waals surface area contributed by atoms with Gasteiger partial charge in [-0.15, -0.1) is 0 Å².